The zero-order valence-corrected chi connectivity index (χ0v) is 37.6. The van der Waals surface area contributed by atoms with Crippen molar-refractivity contribution < 1.29 is 28.8 Å². The highest BCUT2D eigenvalue weighted by atomic mass is 16.2. The standard InChI is InChI=1S/C43H76N8O6/c1-26(2)33(45-11)38(52)47-34(27(3)4)41(55)50(14)37(30(9)10)43(57)51(15)36(29(7)8)42(56)48(12)32(25-31-21-17-16-18-22-31)40(54)49(13)35(28(5)6)39(53)46-24-20-19-23-44/h16-18,21-22,26-30,32-37,45H,19-20,23-25,44H2,1-15H3,(H,46,53)(H,47,52)/t32-,33-,34-,35-,36-,37-/m0/s1. The first-order chi connectivity index (χ1) is 26.6. The van der Waals surface area contributed by atoms with Crippen LogP contribution < -0.4 is 21.7 Å². The fourth-order valence-electron chi connectivity index (χ4n) is 7.49. The Morgan fingerprint density at radius 3 is 1.46 bits per heavy atom. The molecule has 14 heteroatoms. The van der Waals surface area contributed by atoms with Gasteiger partial charge in [0.2, 0.25) is 35.4 Å². The van der Waals surface area contributed by atoms with Crippen LogP contribution in [-0.2, 0) is 35.2 Å². The van der Waals surface area contributed by atoms with Gasteiger partial charge >= 0.3 is 0 Å². The van der Waals surface area contributed by atoms with Gasteiger partial charge in [-0.1, -0.05) is 99.6 Å². The molecular formula is C43H76N8O6. The number of nitrogens with two attached hydrogens (primary N) is 1. The average molecular weight is 801 g/mol. The molecule has 57 heavy (non-hydrogen) atoms. The summed E-state index contributed by atoms with van der Waals surface area (Å²) >= 11 is 0. The predicted molar refractivity (Wildman–Crippen MR) is 227 cm³/mol. The summed E-state index contributed by atoms with van der Waals surface area (Å²) in [4.78, 5) is 90.2. The van der Waals surface area contributed by atoms with Gasteiger partial charge in [-0.2, -0.15) is 0 Å². The smallest absolute Gasteiger partial charge is 0.246 e. The van der Waals surface area contributed by atoms with E-state index in [1.54, 1.807) is 35.2 Å². The number of amides is 6. The van der Waals surface area contributed by atoms with Crippen LogP contribution in [0.2, 0.25) is 0 Å². The number of benzene rings is 1. The number of unbranched alkanes of at least 4 members (excludes halogenated alkanes) is 1. The topological polar surface area (TPSA) is 177 Å². The Hall–Kier alpha value is -4.04. The van der Waals surface area contributed by atoms with Crippen LogP contribution in [0.15, 0.2) is 30.3 Å². The monoisotopic (exact) mass is 801 g/mol. The van der Waals surface area contributed by atoms with Gasteiger partial charge in [-0.05, 0) is 61.6 Å². The van der Waals surface area contributed by atoms with Crippen molar-refractivity contribution in [3.63, 3.8) is 0 Å². The van der Waals surface area contributed by atoms with E-state index in [1.165, 1.54) is 19.6 Å². The maximum absolute atomic E-state index is 14.7. The van der Waals surface area contributed by atoms with E-state index in [0.29, 0.717) is 19.5 Å². The SMILES string of the molecule is CN[C@H](C(=O)N[C@H](C(=O)N(C)[C@H](C(=O)N(C)[C@H](C(=O)N(C)[C@@H](Cc1ccccc1)C(=O)N(C)[C@H](C(=O)NCCCCN)C(C)C)C(C)C)C(C)C)C(C)C)C(C)C. The number of hydrogen-bond acceptors (Lipinski definition) is 8. The van der Waals surface area contributed by atoms with E-state index >= 15 is 0 Å². The Labute approximate surface area is 343 Å². The van der Waals surface area contributed by atoms with Crippen LogP contribution in [0, 0.1) is 29.6 Å². The van der Waals surface area contributed by atoms with Crippen LogP contribution in [0.1, 0.15) is 87.6 Å². The van der Waals surface area contributed by atoms with Crippen LogP contribution >= 0.6 is 0 Å². The van der Waals surface area contributed by atoms with Crippen LogP contribution in [0.5, 0.6) is 0 Å². The summed E-state index contributed by atoms with van der Waals surface area (Å²) in [5, 5.41) is 8.86. The predicted octanol–water partition coefficient (Wildman–Crippen LogP) is 2.75. The lowest BCUT2D eigenvalue weighted by Crippen LogP contribution is -2.62. The molecule has 1 aromatic rings. The van der Waals surface area contributed by atoms with Crippen LogP contribution in [0.4, 0.5) is 0 Å². The lowest BCUT2D eigenvalue weighted by Gasteiger charge is -2.41. The fraction of sp³-hybridized carbons (Fsp3) is 0.721. The Bertz CT molecular complexity index is 1450. The normalized spacial score (nSPS) is 14.8. The first kappa shape index (κ1) is 51.0. The highest BCUT2D eigenvalue weighted by Gasteiger charge is 2.43. The molecule has 6 atom stereocenters. The minimum Gasteiger partial charge on any atom is -0.354 e. The second-order valence-corrected chi connectivity index (χ2v) is 17.1. The number of rotatable bonds is 23. The highest BCUT2D eigenvalue weighted by molar-refractivity contribution is 5.97. The largest absolute Gasteiger partial charge is 0.354 e. The molecule has 0 saturated heterocycles. The van der Waals surface area contributed by atoms with Crippen molar-refractivity contribution in [2.45, 2.75) is 125 Å². The van der Waals surface area contributed by atoms with Crippen molar-refractivity contribution in [3.05, 3.63) is 35.9 Å². The molecule has 0 heterocycles. The molecule has 0 bridgehead atoms. The number of carbonyl (C=O) groups excluding carboxylic acids is 6. The van der Waals surface area contributed by atoms with E-state index in [9.17, 15) is 28.8 Å². The van der Waals surface area contributed by atoms with E-state index in [0.717, 1.165) is 12.0 Å². The maximum atomic E-state index is 14.7. The molecule has 1 aromatic carbocycles. The second kappa shape index (κ2) is 24.0. The minimum atomic E-state index is -1.01. The molecule has 6 amide bonds. The lowest BCUT2D eigenvalue weighted by molar-refractivity contribution is -0.156. The number of nitrogens with one attached hydrogen (secondary N) is 3. The van der Waals surface area contributed by atoms with E-state index in [2.05, 4.69) is 16.0 Å². The third kappa shape index (κ3) is 14.1. The summed E-state index contributed by atoms with van der Waals surface area (Å²) in [6.07, 6.45) is 1.66. The molecule has 0 aromatic heterocycles. The molecule has 0 aliphatic carbocycles. The van der Waals surface area contributed by atoms with Crippen LogP contribution in [-0.4, -0.2) is 140 Å². The van der Waals surface area contributed by atoms with Gasteiger partial charge in [-0.25, -0.2) is 0 Å². The van der Waals surface area contributed by atoms with Crippen molar-refractivity contribution in [2.75, 3.05) is 48.3 Å². The van der Waals surface area contributed by atoms with Gasteiger partial charge in [-0.15, -0.1) is 0 Å². The van der Waals surface area contributed by atoms with Crippen LogP contribution in [0.3, 0.4) is 0 Å². The molecule has 0 spiro atoms. The van der Waals surface area contributed by atoms with Crippen molar-refractivity contribution in [1.29, 1.82) is 0 Å². The third-order valence-corrected chi connectivity index (χ3v) is 10.8. The Morgan fingerprint density at radius 2 is 1.02 bits per heavy atom. The molecule has 1 rings (SSSR count). The molecule has 0 aliphatic heterocycles. The fourth-order valence-corrected chi connectivity index (χ4v) is 7.49. The zero-order valence-electron chi connectivity index (χ0n) is 37.6. The molecule has 0 radical (unpaired) electrons. The quantitative estimate of drug-likeness (QED) is 0.122. The second-order valence-electron chi connectivity index (χ2n) is 17.1. The number of carbonyl (C=O) groups is 6. The molecule has 324 valence electrons. The minimum absolute atomic E-state index is 0.0198. The van der Waals surface area contributed by atoms with Crippen molar-refractivity contribution in [1.82, 2.24) is 35.6 Å². The zero-order chi connectivity index (χ0) is 43.9. The molecule has 14 nitrogen and oxygen atoms in total. The summed E-state index contributed by atoms with van der Waals surface area (Å²) in [6.45, 7) is 19.5. The van der Waals surface area contributed by atoms with Crippen LogP contribution in [0.25, 0.3) is 0 Å². The van der Waals surface area contributed by atoms with Crippen molar-refractivity contribution >= 4 is 35.4 Å². The van der Waals surface area contributed by atoms with Gasteiger partial charge in [0.1, 0.15) is 30.2 Å². The number of nitrogens with zero attached hydrogens (tertiary/aromatic N) is 4. The molecule has 0 unspecified atom stereocenters. The van der Waals surface area contributed by atoms with Gasteiger partial charge in [0.25, 0.3) is 0 Å². The Balaban J connectivity index is 3.58. The van der Waals surface area contributed by atoms with Gasteiger partial charge in [0.15, 0.2) is 0 Å². The highest BCUT2D eigenvalue weighted by Crippen LogP contribution is 2.23. The molecule has 5 N–H and O–H groups in total. The van der Waals surface area contributed by atoms with E-state index in [4.69, 9.17) is 5.73 Å². The van der Waals surface area contributed by atoms with E-state index < -0.39 is 59.9 Å². The first-order valence-corrected chi connectivity index (χ1v) is 20.6. The summed E-state index contributed by atoms with van der Waals surface area (Å²) < 4.78 is 0. The van der Waals surface area contributed by atoms with Gasteiger partial charge < -0.3 is 41.3 Å². The Morgan fingerprint density at radius 1 is 0.561 bits per heavy atom. The number of likely N-dealkylation sites (N-methyl/N-ethyl adjacent to an activating group) is 5. The van der Waals surface area contributed by atoms with Gasteiger partial charge in [0, 0.05) is 41.2 Å². The van der Waals surface area contributed by atoms with E-state index in [1.807, 2.05) is 99.6 Å². The molecule has 0 fully saturated rings. The maximum Gasteiger partial charge on any atom is 0.246 e. The summed E-state index contributed by atoms with van der Waals surface area (Å²) in [7, 11) is 7.96. The third-order valence-electron chi connectivity index (χ3n) is 10.8. The lowest BCUT2D eigenvalue weighted by atomic mass is 9.94. The van der Waals surface area contributed by atoms with Crippen molar-refractivity contribution in [3.8, 4) is 0 Å². The summed E-state index contributed by atoms with van der Waals surface area (Å²) in [5.74, 6) is -3.57. The summed E-state index contributed by atoms with van der Waals surface area (Å²) in [6, 6.07) is 4.19. The molecule has 0 aliphatic rings. The van der Waals surface area contributed by atoms with Gasteiger partial charge in [-0.3, -0.25) is 28.8 Å². The van der Waals surface area contributed by atoms with E-state index in [-0.39, 0.29) is 47.8 Å². The van der Waals surface area contributed by atoms with Gasteiger partial charge in [0.05, 0.1) is 6.04 Å². The number of hydrogen-bond donors (Lipinski definition) is 4. The Kier molecular flexibility index (Phi) is 21.5. The molecular weight excluding hydrogens is 725 g/mol. The first-order valence-electron chi connectivity index (χ1n) is 20.6. The average Bonchev–Trinajstić information content (AvgIpc) is 3.13. The molecule has 0 saturated carbocycles. The summed E-state index contributed by atoms with van der Waals surface area (Å²) in [5.41, 5.74) is 6.45. The van der Waals surface area contributed by atoms with Crippen molar-refractivity contribution in [2.24, 2.45) is 35.3 Å².